The number of nitro groups is 1. The number of nitro benzene ring substituents is 1. The van der Waals surface area contributed by atoms with Gasteiger partial charge in [0, 0.05) is 27.6 Å². The van der Waals surface area contributed by atoms with Crippen molar-refractivity contribution in [1.82, 2.24) is 5.32 Å². The zero-order valence-corrected chi connectivity index (χ0v) is 13.8. The summed E-state index contributed by atoms with van der Waals surface area (Å²) in [6, 6.07) is 11.6. The fraction of sp³-hybridized carbons (Fsp3) is 0.0714. The van der Waals surface area contributed by atoms with Crippen LogP contribution < -0.4 is 5.32 Å². The Kier molecular flexibility index (Phi) is 5.08. The molecule has 0 aliphatic rings. The van der Waals surface area contributed by atoms with Gasteiger partial charge in [0.15, 0.2) is 0 Å². The summed E-state index contributed by atoms with van der Waals surface area (Å²) in [5.41, 5.74) is 1.05. The van der Waals surface area contributed by atoms with E-state index in [-0.39, 0.29) is 17.2 Å². The Hall–Kier alpha value is -1.73. The van der Waals surface area contributed by atoms with Crippen LogP contribution in [0.5, 0.6) is 0 Å². The summed E-state index contributed by atoms with van der Waals surface area (Å²) in [5.74, 6) is -0.370. The first-order valence-corrected chi connectivity index (χ1v) is 7.52. The average molecular weight is 414 g/mol. The number of rotatable bonds is 4. The van der Waals surface area contributed by atoms with Crippen molar-refractivity contribution in [3.63, 3.8) is 0 Å². The third-order valence-corrected chi connectivity index (χ3v) is 3.93. The second-order valence-electron chi connectivity index (χ2n) is 4.23. The van der Waals surface area contributed by atoms with Gasteiger partial charge in [0.25, 0.3) is 11.6 Å². The second kappa shape index (κ2) is 6.82. The lowest BCUT2D eigenvalue weighted by molar-refractivity contribution is -0.384. The highest BCUT2D eigenvalue weighted by Crippen LogP contribution is 2.22. The Morgan fingerprint density at radius 1 is 1.19 bits per heavy atom. The fourth-order valence-corrected chi connectivity index (χ4v) is 2.60. The predicted molar refractivity (Wildman–Crippen MR) is 86.1 cm³/mol. The van der Waals surface area contributed by atoms with Crippen molar-refractivity contribution in [1.29, 1.82) is 0 Å². The molecule has 1 N–H and O–H groups in total. The fourth-order valence-electron chi connectivity index (χ4n) is 1.73. The summed E-state index contributed by atoms with van der Waals surface area (Å²) in [5, 5.41) is 13.5. The topological polar surface area (TPSA) is 72.2 Å². The molecule has 2 rings (SSSR count). The standard InChI is InChI=1S/C14H10Br2N2O3/c15-10-3-1-2-9(6-10)8-17-14(19)12-7-11(18(20)21)4-5-13(12)16/h1-7H,8H2,(H,17,19). The van der Waals surface area contributed by atoms with E-state index in [4.69, 9.17) is 0 Å². The van der Waals surface area contributed by atoms with Crippen molar-refractivity contribution in [3.05, 3.63) is 72.7 Å². The maximum atomic E-state index is 12.1. The minimum atomic E-state index is -0.530. The lowest BCUT2D eigenvalue weighted by Gasteiger charge is -2.07. The van der Waals surface area contributed by atoms with Crippen LogP contribution in [-0.4, -0.2) is 10.8 Å². The number of carbonyl (C=O) groups excluding carboxylic acids is 1. The van der Waals surface area contributed by atoms with Crippen LogP contribution in [0.15, 0.2) is 51.4 Å². The Morgan fingerprint density at radius 3 is 2.62 bits per heavy atom. The van der Waals surface area contributed by atoms with Crippen LogP contribution in [0.3, 0.4) is 0 Å². The van der Waals surface area contributed by atoms with Crippen LogP contribution in [0.2, 0.25) is 0 Å². The van der Waals surface area contributed by atoms with Gasteiger partial charge < -0.3 is 5.32 Å². The van der Waals surface area contributed by atoms with E-state index in [1.54, 1.807) is 0 Å². The SMILES string of the molecule is O=C(NCc1cccc(Br)c1)c1cc([N+](=O)[O-])ccc1Br. The molecule has 0 saturated carbocycles. The van der Waals surface area contributed by atoms with Gasteiger partial charge in [0.05, 0.1) is 10.5 Å². The molecular formula is C14H10Br2N2O3. The van der Waals surface area contributed by atoms with Gasteiger partial charge in [0.1, 0.15) is 0 Å². The van der Waals surface area contributed by atoms with Gasteiger partial charge in [-0.05, 0) is 39.7 Å². The third kappa shape index (κ3) is 4.12. The molecule has 5 nitrogen and oxygen atoms in total. The van der Waals surface area contributed by atoms with Gasteiger partial charge in [-0.25, -0.2) is 0 Å². The van der Waals surface area contributed by atoms with Crippen molar-refractivity contribution in [2.45, 2.75) is 6.54 Å². The molecule has 2 aromatic carbocycles. The van der Waals surface area contributed by atoms with Crippen molar-refractivity contribution in [2.75, 3.05) is 0 Å². The normalized spacial score (nSPS) is 10.2. The van der Waals surface area contributed by atoms with Crippen molar-refractivity contribution < 1.29 is 9.72 Å². The van der Waals surface area contributed by atoms with Gasteiger partial charge in [-0.3, -0.25) is 14.9 Å². The van der Waals surface area contributed by atoms with Crippen molar-refractivity contribution >= 4 is 43.5 Å². The quantitative estimate of drug-likeness (QED) is 0.607. The first-order chi connectivity index (χ1) is 9.97. The van der Waals surface area contributed by atoms with E-state index in [0.717, 1.165) is 10.0 Å². The van der Waals surface area contributed by atoms with E-state index >= 15 is 0 Å². The van der Waals surface area contributed by atoms with Crippen molar-refractivity contribution in [3.8, 4) is 0 Å². The molecule has 108 valence electrons. The third-order valence-electron chi connectivity index (χ3n) is 2.75. The summed E-state index contributed by atoms with van der Waals surface area (Å²) >= 11 is 6.58. The summed E-state index contributed by atoms with van der Waals surface area (Å²) in [4.78, 5) is 22.4. The summed E-state index contributed by atoms with van der Waals surface area (Å²) in [7, 11) is 0. The highest BCUT2D eigenvalue weighted by Gasteiger charge is 2.15. The number of nitrogens with one attached hydrogen (secondary N) is 1. The van der Waals surface area contributed by atoms with E-state index in [1.807, 2.05) is 24.3 Å². The summed E-state index contributed by atoms with van der Waals surface area (Å²) in [6.45, 7) is 0.341. The van der Waals surface area contributed by atoms with Crippen molar-refractivity contribution in [2.24, 2.45) is 0 Å². The lowest BCUT2D eigenvalue weighted by Crippen LogP contribution is -2.23. The number of amides is 1. The van der Waals surface area contributed by atoms with Crippen LogP contribution in [0.4, 0.5) is 5.69 Å². The molecule has 0 fully saturated rings. The number of hydrogen-bond acceptors (Lipinski definition) is 3. The van der Waals surface area contributed by atoms with E-state index < -0.39 is 4.92 Å². The molecule has 0 saturated heterocycles. The minimum absolute atomic E-state index is 0.120. The highest BCUT2D eigenvalue weighted by molar-refractivity contribution is 9.10. The second-order valence-corrected chi connectivity index (χ2v) is 6.00. The monoisotopic (exact) mass is 412 g/mol. The maximum Gasteiger partial charge on any atom is 0.270 e. The van der Waals surface area contributed by atoms with E-state index in [1.165, 1.54) is 18.2 Å². The Balaban J connectivity index is 2.13. The molecule has 0 unspecified atom stereocenters. The van der Waals surface area contributed by atoms with Gasteiger partial charge in [-0.1, -0.05) is 28.1 Å². The molecule has 0 radical (unpaired) electrons. The molecule has 0 spiro atoms. The molecule has 2 aromatic rings. The molecule has 0 bridgehead atoms. The number of hydrogen-bond donors (Lipinski definition) is 1. The van der Waals surface area contributed by atoms with Crippen LogP contribution >= 0.6 is 31.9 Å². The molecule has 21 heavy (non-hydrogen) atoms. The smallest absolute Gasteiger partial charge is 0.270 e. The number of nitrogens with zero attached hydrogens (tertiary/aromatic N) is 1. The first kappa shape index (κ1) is 15.7. The van der Waals surface area contributed by atoms with E-state index in [0.29, 0.717) is 11.0 Å². The molecule has 0 aliphatic heterocycles. The predicted octanol–water partition coefficient (Wildman–Crippen LogP) is 4.05. The van der Waals surface area contributed by atoms with E-state index in [2.05, 4.69) is 37.2 Å². The van der Waals surface area contributed by atoms with E-state index in [9.17, 15) is 14.9 Å². The summed E-state index contributed by atoms with van der Waals surface area (Å²) in [6.07, 6.45) is 0. The van der Waals surface area contributed by atoms with Crippen LogP contribution in [0, 0.1) is 10.1 Å². The maximum absolute atomic E-state index is 12.1. The molecule has 7 heteroatoms. The molecule has 0 atom stereocenters. The first-order valence-electron chi connectivity index (χ1n) is 5.94. The number of benzene rings is 2. The Bertz CT molecular complexity index is 704. The molecule has 1 amide bonds. The zero-order valence-electron chi connectivity index (χ0n) is 10.7. The molecule has 0 aliphatic carbocycles. The highest BCUT2D eigenvalue weighted by atomic mass is 79.9. The van der Waals surface area contributed by atoms with Gasteiger partial charge in [-0.15, -0.1) is 0 Å². The van der Waals surface area contributed by atoms with Crippen LogP contribution in [-0.2, 0) is 6.54 Å². The van der Waals surface area contributed by atoms with Gasteiger partial charge in [-0.2, -0.15) is 0 Å². The Morgan fingerprint density at radius 2 is 1.95 bits per heavy atom. The van der Waals surface area contributed by atoms with Crippen LogP contribution in [0.25, 0.3) is 0 Å². The van der Waals surface area contributed by atoms with Gasteiger partial charge >= 0.3 is 0 Å². The number of non-ortho nitro benzene ring substituents is 1. The summed E-state index contributed by atoms with van der Waals surface area (Å²) < 4.78 is 1.44. The number of carbonyl (C=O) groups is 1. The zero-order chi connectivity index (χ0) is 15.4. The minimum Gasteiger partial charge on any atom is -0.348 e. The van der Waals surface area contributed by atoms with Crippen LogP contribution in [0.1, 0.15) is 15.9 Å². The van der Waals surface area contributed by atoms with Gasteiger partial charge in [0.2, 0.25) is 0 Å². The lowest BCUT2D eigenvalue weighted by atomic mass is 10.1. The largest absolute Gasteiger partial charge is 0.348 e. The molecule has 0 aromatic heterocycles. The molecular weight excluding hydrogens is 404 g/mol. The molecule has 0 heterocycles. The number of halogens is 2. The Labute approximate surface area is 137 Å². The average Bonchev–Trinajstić information content (AvgIpc) is 2.45.